The molecule has 5 nitrogen and oxygen atoms in total. The molecule has 1 aliphatic heterocycles. The molecule has 0 bridgehead atoms. The smallest absolute Gasteiger partial charge is 0.276 e. The number of quaternary nitrogens is 1. The lowest BCUT2D eigenvalue weighted by molar-refractivity contribution is -0.924. The van der Waals surface area contributed by atoms with Gasteiger partial charge in [-0.1, -0.05) is 59.3 Å². The summed E-state index contributed by atoms with van der Waals surface area (Å²) in [6, 6.07) is 16.1. The lowest BCUT2D eigenvalue weighted by atomic mass is 10.1. The van der Waals surface area contributed by atoms with Crippen molar-refractivity contribution in [3.63, 3.8) is 0 Å². The molecule has 2 heterocycles. The van der Waals surface area contributed by atoms with E-state index in [9.17, 15) is 0 Å². The summed E-state index contributed by atoms with van der Waals surface area (Å²) in [4.78, 5) is 1.48. The lowest BCUT2D eigenvalue weighted by Gasteiger charge is -2.30. The standard InChI is InChI=1S/C21H22ClN3O2S/c1-15-5-4-7-16(11-15)20-23-24-21(27-20)28-14-18-13-25(9-10-26-18)12-17-6-2-3-8-19(17)22/h2-8,11,18H,9-10,12-14H2,1H3/p+1/t18-/m0/s1. The van der Waals surface area contributed by atoms with Crippen molar-refractivity contribution < 1.29 is 14.1 Å². The molecule has 3 aromatic rings. The Balaban J connectivity index is 1.32. The number of aryl methyl sites for hydroxylation is 1. The summed E-state index contributed by atoms with van der Waals surface area (Å²) in [7, 11) is 0. The zero-order valence-electron chi connectivity index (χ0n) is 15.7. The Bertz CT molecular complexity index is 933. The maximum absolute atomic E-state index is 6.31. The molecule has 1 aromatic heterocycles. The quantitative estimate of drug-likeness (QED) is 0.625. The van der Waals surface area contributed by atoms with Crippen molar-refractivity contribution >= 4 is 23.4 Å². The van der Waals surface area contributed by atoms with Gasteiger partial charge in [0, 0.05) is 21.9 Å². The molecule has 0 saturated carbocycles. The summed E-state index contributed by atoms with van der Waals surface area (Å²) in [5.41, 5.74) is 3.30. The number of rotatable bonds is 6. The van der Waals surface area contributed by atoms with Gasteiger partial charge < -0.3 is 14.1 Å². The first kappa shape index (κ1) is 19.5. The molecule has 0 amide bonds. The minimum atomic E-state index is 0.158. The summed E-state index contributed by atoms with van der Waals surface area (Å²) in [5, 5.41) is 9.76. The van der Waals surface area contributed by atoms with Crippen LogP contribution in [0.4, 0.5) is 0 Å². The maximum Gasteiger partial charge on any atom is 0.276 e. The first-order valence-electron chi connectivity index (χ1n) is 9.39. The molecule has 4 rings (SSSR count). The van der Waals surface area contributed by atoms with Crippen LogP contribution in [0.15, 0.2) is 58.2 Å². The fourth-order valence-electron chi connectivity index (χ4n) is 3.36. The van der Waals surface area contributed by atoms with Crippen LogP contribution in [0.2, 0.25) is 5.02 Å². The number of benzene rings is 2. The van der Waals surface area contributed by atoms with Crippen molar-refractivity contribution in [2.75, 3.05) is 25.4 Å². The van der Waals surface area contributed by atoms with Crippen LogP contribution in [0, 0.1) is 6.92 Å². The van der Waals surface area contributed by atoms with Gasteiger partial charge in [0.1, 0.15) is 25.7 Å². The van der Waals surface area contributed by atoms with Crippen molar-refractivity contribution in [3.8, 4) is 11.5 Å². The van der Waals surface area contributed by atoms with Crippen LogP contribution in [0.3, 0.4) is 0 Å². The molecule has 1 unspecified atom stereocenters. The van der Waals surface area contributed by atoms with Crippen LogP contribution in [-0.4, -0.2) is 41.8 Å². The summed E-state index contributed by atoms with van der Waals surface area (Å²) in [6.07, 6.45) is 0.158. The molecular weight excluding hydrogens is 394 g/mol. The second kappa shape index (κ2) is 9.09. The fourth-order valence-corrected chi connectivity index (χ4v) is 4.34. The Morgan fingerprint density at radius 3 is 2.93 bits per heavy atom. The van der Waals surface area contributed by atoms with Gasteiger partial charge in [0.15, 0.2) is 0 Å². The van der Waals surface area contributed by atoms with Crippen LogP contribution < -0.4 is 4.90 Å². The van der Waals surface area contributed by atoms with Gasteiger partial charge in [0.2, 0.25) is 5.89 Å². The number of nitrogens with zero attached hydrogens (tertiary/aromatic N) is 2. The average Bonchev–Trinajstić information content (AvgIpc) is 3.18. The van der Waals surface area contributed by atoms with Gasteiger partial charge in [0.05, 0.1) is 6.61 Å². The van der Waals surface area contributed by atoms with E-state index in [1.165, 1.54) is 16.0 Å². The van der Waals surface area contributed by atoms with E-state index in [1.807, 2.05) is 49.4 Å². The molecule has 1 saturated heterocycles. The van der Waals surface area contributed by atoms with E-state index in [0.717, 1.165) is 42.6 Å². The van der Waals surface area contributed by atoms with E-state index in [4.69, 9.17) is 20.8 Å². The predicted octanol–water partition coefficient (Wildman–Crippen LogP) is 3.27. The monoisotopic (exact) mass is 416 g/mol. The fraction of sp³-hybridized carbons (Fsp3) is 0.333. The zero-order chi connectivity index (χ0) is 19.3. The number of hydrogen-bond acceptors (Lipinski definition) is 5. The molecular formula is C21H23ClN3O2S+. The van der Waals surface area contributed by atoms with Crippen molar-refractivity contribution in [1.82, 2.24) is 10.2 Å². The van der Waals surface area contributed by atoms with E-state index in [-0.39, 0.29) is 6.10 Å². The molecule has 0 spiro atoms. The molecule has 1 fully saturated rings. The van der Waals surface area contributed by atoms with Crippen molar-refractivity contribution in [1.29, 1.82) is 0 Å². The third-order valence-electron chi connectivity index (χ3n) is 4.79. The zero-order valence-corrected chi connectivity index (χ0v) is 17.3. The number of thioether (sulfide) groups is 1. The van der Waals surface area contributed by atoms with Crippen LogP contribution >= 0.6 is 23.4 Å². The maximum atomic E-state index is 6.31. The normalized spacial score (nSPS) is 19.6. The Morgan fingerprint density at radius 1 is 1.18 bits per heavy atom. The van der Waals surface area contributed by atoms with Crippen LogP contribution in [-0.2, 0) is 11.3 Å². The van der Waals surface area contributed by atoms with E-state index < -0.39 is 0 Å². The number of nitrogens with one attached hydrogen (secondary N) is 1. The van der Waals surface area contributed by atoms with Crippen molar-refractivity contribution in [3.05, 3.63) is 64.7 Å². The Kier molecular flexibility index (Phi) is 6.32. The Labute approximate surface area is 174 Å². The van der Waals surface area contributed by atoms with Gasteiger partial charge in [0.25, 0.3) is 5.22 Å². The number of aromatic nitrogens is 2. The topological polar surface area (TPSA) is 52.6 Å². The van der Waals surface area contributed by atoms with Crippen molar-refractivity contribution in [2.45, 2.75) is 24.8 Å². The Hall–Kier alpha value is -1.86. The second-order valence-corrected chi connectivity index (χ2v) is 8.40. The number of hydrogen-bond donors (Lipinski definition) is 1. The molecule has 1 aliphatic rings. The van der Waals surface area contributed by atoms with E-state index in [1.54, 1.807) is 11.8 Å². The number of morpholine rings is 1. The van der Waals surface area contributed by atoms with Crippen LogP contribution in [0.1, 0.15) is 11.1 Å². The molecule has 28 heavy (non-hydrogen) atoms. The average molecular weight is 417 g/mol. The van der Waals surface area contributed by atoms with Crippen LogP contribution in [0.5, 0.6) is 0 Å². The van der Waals surface area contributed by atoms with Crippen LogP contribution in [0.25, 0.3) is 11.5 Å². The molecule has 2 atom stereocenters. The SMILES string of the molecule is Cc1cccc(-c2nnc(SC[C@@H]3C[NH+](Cc4ccccc4Cl)CCO3)o2)c1. The molecule has 7 heteroatoms. The highest BCUT2D eigenvalue weighted by Gasteiger charge is 2.25. The molecule has 0 radical (unpaired) electrons. The highest BCUT2D eigenvalue weighted by Crippen LogP contribution is 2.24. The Morgan fingerprint density at radius 2 is 2.07 bits per heavy atom. The van der Waals surface area contributed by atoms with E-state index in [0.29, 0.717) is 11.1 Å². The lowest BCUT2D eigenvalue weighted by Crippen LogP contribution is -3.13. The predicted molar refractivity (Wildman–Crippen MR) is 111 cm³/mol. The summed E-state index contributed by atoms with van der Waals surface area (Å²) in [6.45, 7) is 5.65. The third kappa shape index (κ3) is 4.94. The van der Waals surface area contributed by atoms with Gasteiger partial charge >= 0.3 is 0 Å². The first-order chi connectivity index (χ1) is 13.7. The molecule has 0 aliphatic carbocycles. The highest BCUT2D eigenvalue weighted by atomic mass is 35.5. The molecule has 1 N–H and O–H groups in total. The van der Waals surface area contributed by atoms with Gasteiger partial charge in [-0.05, 0) is 25.1 Å². The summed E-state index contributed by atoms with van der Waals surface area (Å²) >= 11 is 7.86. The summed E-state index contributed by atoms with van der Waals surface area (Å²) < 4.78 is 11.8. The third-order valence-corrected chi connectivity index (χ3v) is 6.11. The first-order valence-corrected chi connectivity index (χ1v) is 10.8. The van der Waals surface area contributed by atoms with Gasteiger partial charge in [-0.2, -0.15) is 0 Å². The van der Waals surface area contributed by atoms with Crippen molar-refractivity contribution in [2.24, 2.45) is 0 Å². The van der Waals surface area contributed by atoms with E-state index >= 15 is 0 Å². The van der Waals surface area contributed by atoms with Gasteiger partial charge in [-0.3, -0.25) is 0 Å². The van der Waals surface area contributed by atoms with Gasteiger partial charge in [-0.25, -0.2) is 0 Å². The minimum Gasteiger partial charge on any atom is -0.411 e. The van der Waals surface area contributed by atoms with Gasteiger partial charge in [-0.15, -0.1) is 10.2 Å². The highest BCUT2D eigenvalue weighted by molar-refractivity contribution is 7.99. The number of ether oxygens (including phenoxy) is 1. The number of halogens is 1. The summed E-state index contributed by atoms with van der Waals surface area (Å²) in [5.74, 6) is 1.35. The minimum absolute atomic E-state index is 0.158. The van der Waals surface area contributed by atoms with E-state index in [2.05, 4.69) is 16.3 Å². The second-order valence-electron chi connectivity index (χ2n) is 7.02. The molecule has 2 aromatic carbocycles. The largest absolute Gasteiger partial charge is 0.411 e. The molecule has 146 valence electrons.